The predicted molar refractivity (Wildman–Crippen MR) is 143 cm³/mol. The molecule has 36 heavy (non-hydrogen) atoms. The lowest BCUT2D eigenvalue weighted by atomic mass is 10.1. The van der Waals surface area contributed by atoms with Crippen molar-refractivity contribution in [3.8, 4) is 0 Å². The van der Waals surface area contributed by atoms with E-state index in [1.54, 1.807) is 24.3 Å². The lowest BCUT2D eigenvalue weighted by molar-refractivity contribution is 0.102. The zero-order chi connectivity index (χ0) is 25.1. The molecule has 2 unspecified atom stereocenters. The minimum absolute atomic E-state index is 0.286. The Morgan fingerprint density at radius 3 is 1.47 bits per heavy atom. The van der Waals surface area contributed by atoms with Crippen LogP contribution in [0.25, 0.3) is 0 Å². The molecule has 3 aromatic carbocycles. The van der Waals surface area contributed by atoms with E-state index in [4.69, 9.17) is 0 Å². The topological polar surface area (TPSA) is 107 Å². The summed E-state index contributed by atoms with van der Waals surface area (Å²) in [4.78, 5) is 34.6. The molecule has 0 aromatic heterocycles. The number of carbonyl (C=O) groups excluding carboxylic acids is 2. The number of nitrogens with one attached hydrogen (secondary N) is 4. The molecule has 2 aliphatic rings. The van der Waals surface area contributed by atoms with Crippen LogP contribution in [0, 0.1) is 0 Å². The molecule has 8 nitrogen and oxygen atoms in total. The number of amides is 2. The molecule has 0 fully saturated rings. The van der Waals surface area contributed by atoms with Crippen molar-refractivity contribution >= 4 is 34.9 Å². The highest BCUT2D eigenvalue weighted by molar-refractivity contribution is 6.09. The van der Waals surface area contributed by atoms with Gasteiger partial charge in [-0.25, -0.2) is 0 Å². The summed E-state index contributed by atoms with van der Waals surface area (Å²) in [5.74, 6) is 1.16. The third-order valence-corrected chi connectivity index (χ3v) is 6.03. The fourth-order valence-electron chi connectivity index (χ4n) is 4.09. The SMILES string of the molecule is CC1CN=C(c2ccc(NC(=O)c3cccc(C(=O)Nc4ccc(C5=NCC(C)N5)cc4)c3)cc2)N1. The molecule has 2 atom stereocenters. The molecule has 5 rings (SSSR count). The van der Waals surface area contributed by atoms with E-state index < -0.39 is 0 Å². The van der Waals surface area contributed by atoms with Gasteiger partial charge < -0.3 is 21.3 Å². The number of rotatable bonds is 6. The van der Waals surface area contributed by atoms with Crippen molar-refractivity contribution in [3.63, 3.8) is 0 Å². The lowest BCUT2D eigenvalue weighted by Crippen LogP contribution is -2.27. The molecule has 2 heterocycles. The highest BCUT2D eigenvalue weighted by Gasteiger charge is 2.16. The number of hydrogen-bond acceptors (Lipinski definition) is 6. The Morgan fingerprint density at radius 2 is 1.11 bits per heavy atom. The Balaban J connectivity index is 1.21. The monoisotopic (exact) mass is 480 g/mol. The number of benzene rings is 3. The van der Waals surface area contributed by atoms with Crippen molar-refractivity contribution in [2.45, 2.75) is 25.9 Å². The van der Waals surface area contributed by atoms with Gasteiger partial charge in [0, 0.05) is 45.7 Å². The second-order valence-corrected chi connectivity index (χ2v) is 9.11. The first-order valence-electron chi connectivity index (χ1n) is 12.0. The minimum atomic E-state index is -0.286. The Morgan fingerprint density at radius 1 is 0.694 bits per heavy atom. The quantitative estimate of drug-likeness (QED) is 0.432. The van der Waals surface area contributed by atoms with Crippen molar-refractivity contribution < 1.29 is 9.59 Å². The summed E-state index contributed by atoms with van der Waals surface area (Å²) >= 11 is 0. The van der Waals surface area contributed by atoms with Crippen LogP contribution in [0.2, 0.25) is 0 Å². The van der Waals surface area contributed by atoms with Gasteiger partial charge in [-0.1, -0.05) is 6.07 Å². The maximum Gasteiger partial charge on any atom is 0.255 e. The van der Waals surface area contributed by atoms with Crippen LogP contribution in [-0.2, 0) is 0 Å². The van der Waals surface area contributed by atoms with Gasteiger partial charge in [-0.2, -0.15) is 0 Å². The highest BCUT2D eigenvalue weighted by atomic mass is 16.2. The summed E-state index contributed by atoms with van der Waals surface area (Å²) < 4.78 is 0. The van der Waals surface area contributed by atoms with E-state index in [2.05, 4.69) is 45.1 Å². The predicted octanol–water partition coefficient (Wildman–Crippen LogP) is 3.67. The number of hydrogen-bond donors (Lipinski definition) is 4. The van der Waals surface area contributed by atoms with Crippen molar-refractivity contribution in [1.82, 2.24) is 10.6 Å². The van der Waals surface area contributed by atoms with E-state index in [0.717, 1.165) is 35.9 Å². The van der Waals surface area contributed by atoms with Crippen molar-refractivity contribution in [3.05, 3.63) is 95.1 Å². The average molecular weight is 481 g/mol. The number of anilines is 2. The molecule has 0 saturated carbocycles. The molecule has 0 saturated heterocycles. The smallest absolute Gasteiger partial charge is 0.255 e. The van der Waals surface area contributed by atoms with E-state index in [0.29, 0.717) is 34.6 Å². The van der Waals surface area contributed by atoms with Gasteiger partial charge in [0.15, 0.2) is 0 Å². The van der Waals surface area contributed by atoms with Crippen LogP contribution in [-0.4, -0.2) is 48.7 Å². The van der Waals surface area contributed by atoms with Crippen LogP contribution in [0.3, 0.4) is 0 Å². The summed E-state index contributed by atoms with van der Waals surface area (Å²) in [7, 11) is 0. The molecular weight excluding hydrogens is 452 g/mol. The standard InChI is InChI=1S/C28H28N6O2/c1-17-15-29-25(31-17)19-6-10-23(11-7-19)33-27(35)21-4-3-5-22(14-21)28(36)34-24-12-8-20(9-13-24)26-30-16-18(2)32-26/h3-14,17-18H,15-16H2,1-2H3,(H,29,31)(H,30,32)(H,33,35)(H,34,36). The van der Waals surface area contributed by atoms with Gasteiger partial charge in [-0.3, -0.25) is 19.6 Å². The fraction of sp³-hybridized carbons (Fsp3) is 0.214. The zero-order valence-corrected chi connectivity index (χ0v) is 20.2. The first-order chi connectivity index (χ1) is 17.4. The van der Waals surface area contributed by atoms with Gasteiger partial charge >= 0.3 is 0 Å². The molecular formula is C28H28N6O2. The van der Waals surface area contributed by atoms with E-state index in [1.165, 1.54) is 0 Å². The van der Waals surface area contributed by atoms with E-state index in [1.807, 2.05) is 48.5 Å². The maximum atomic E-state index is 12.8. The van der Waals surface area contributed by atoms with Gasteiger partial charge in [0.05, 0.1) is 13.1 Å². The van der Waals surface area contributed by atoms with Crippen molar-refractivity contribution in [1.29, 1.82) is 0 Å². The first-order valence-corrected chi connectivity index (χ1v) is 12.0. The molecule has 2 amide bonds. The van der Waals surface area contributed by atoms with Gasteiger partial charge in [-0.05, 0) is 80.6 Å². The van der Waals surface area contributed by atoms with Crippen LogP contribution in [0.5, 0.6) is 0 Å². The largest absolute Gasteiger partial charge is 0.366 e. The van der Waals surface area contributed by atoms with Gasteiger partial charge in [0.1, 0.15) is 11.7 Å². The van der Waals surface area contributed by atoms with Gasteiger partial charge in [0.25, 0.3) is 11.8 Å². The summed E-state index contributed by atoms with van der Waals surface area (Å²) in [5, 5.41) is 12.4. The van der Waals surface area contributed by atoms with Crippen molar-refractivity contribution in [2.24, 2.45) is 9.98 Å². The number of aliphatic imine (C=N–C) groups is 2. The minimum Gasteiger partial charge on any atom is -0.366 e. The van der Waals surface area contributed by atoms with Crippen LogP contribution in [0.1, 0.15) is 45.7 Å². The molecule has 0 radical (unpaired) electrons. The Bertz CT molecular complexity index is 1240. The average Bonchev–Trinajstić information content (AvgIpc) is 3.53. The molecule has 0 spiro atoms. The van der Waals surface area contributed by atoms with Gasteiger partial charge in [0.2, 0.25) is 0 Å². The molecule has 0 aliphatic carbocycles. The Labute approximate surface area is 209 Å². The third-order valence-electron chi connectivity index (χ3n) is 6.03. The second kappa shape index (κ2) is 10.0. The molecule has 3 aromatic rings. The van der Waals surface area contributed by atoms with Crippen LogP contribution >= 0.6 is 0 Å². The van der Waals surface area contributed by atoms with Crippen LogP contribution in [0.4, 0.5) is 11.4 Å². The van der Waals surface area contributed by atoms with Crippen LogP contribution < -0.4 is 21.3 Å². The van der Waals surface area contributed by atoms with Gasteiger partial charge in [-0.15, -0.1) is 0 Å². The molecule has 182 valence electrons. The number of amidine groups is 2. The Kier molecular flexibility index (Phi) is 6.49. The van der Waals surface area contributed by atoms with E-state index in [-0.39, 0.29) is 11.8 Å². The fourth-order valence-corrected chi connectivity index (χ4v) is 4.09. The summed E-state index contributed by atoms with van der Waals surface area (Å²) in [6.45, 7) is 5.69. The van der Waals surface area contributed by atoms with Crippen molar-refractivity contribution in [2.75, 3.05) is 23.7 Å². The second-order valence-electron chi connectivity index (χ2n) is 9.11. The summed E-state index contributed by atoms with van der Waals surface area (Å²) in [5.41, 5.74) is 4.09. The number of carbonyl (C=O) groups is 2. The molecule has 2 aliphatic heterocycles. The number of nitrogens with zero attached hydrogens (tertiary/aromatic N) is 2. The highest BCUT2D eigenvalue weighted by Crippen LogP contribution is 2.16. The van der Waals surface area contributed by atoms with E-state index >= 15 is 0 Å². The summed E-state index contributed by atoms with van der Waals surface area (Å²) in [6.07, 6.45) is 0. The lowest BCUT2D eigenvalue weighted by Gasteiger charge is -2.10. The van der Waals surface area contributed by atoms with Crippen LogP contribution in [0.15, 0.2) is 82.8 Å². The molecule has 4 N–H and O–H groups in total. The normalized spacial score (nSPS) is 18.5. The molecule has 8 heteroatoms. The first kappa shape index (κ1) is 23.3. The Hall–Kier alpha value is -4.46. The van der Waals surface area contributed by atoms with E-state index in [9.17, 15) is 9.59 Å². The zero-order valence-electron chi connectivity index (χ0n) is 20.2. The summed E-state index contributed by atoms with van der Waals surface area (Å²) in [6, 6.07) is 22.4. The maximum absolute atomic E-state index is 12.8. The molecule has 0 bridgehead atoms. The third kappa shape index (κ3) is 5.27.